The zero-order valence-electron chi connectivity index (χ0n) is 11.1. The van der Waals surface area contributed by atoms with Crippen molar-refractivity contribution in [2.75, 3.05) is 7.05 Å². The van der Waals surface area contributed by atoms with Crippen molar-refractivity contribution < 1.29 is 0 Å². The lowest BCUT2D eigenvalue weighted by molar-refractivity contribution is 0.184. The van der Waals surface area contributed by atoms with Crippen LogP contribution >= 0.6 is 12.2 Å². The molecule has 1 fully saturated rings. The van der Waals surface area contributed by atoms with Crippen LogP contribution in [0.5, 0.6) is 0 Å². The molecule has 18 heavy (non-hydrogen) atoms. The summed E-state index contributed by atoms with van der Waals surface area (Å²) >= 11 is 5.02. The summed E-state index contributed by atoms with van der Waals surface area (Å²) < 4.78 is 0. The molecule has 0 heterocycles. The first-order valence-corrected chi connectivity index (χ1v) is 7.16. The Morgan fingerprint density at radius 1 is 1.33 bits per heavy atom. The SMILES string of the molecule is CN(Cc1cccc(C(N)=S)c1)C1CCCCC1. The van der Waals surface area contributed by atoms with Crippen molar-refractivity contribution >= 4 is 17.2 Å². The minimum Gasteiger partial charge on any atom is -0.389 e. The molecule has 3 heteroatoms. The Hall–Kier alpha value is -0.930. The van der Waals surface area contributed by atoms with Crippen LogP contribution < -0.4 is 5.73 Å². The van der Waals surface area contributed by atoms with Crippen molar-refractivity contribution in [3.8, 4) is 0 Å². The maximum absolute atomic E-state index is 5.67. The molecule has 0 aromatic heterocycles. The van der Waals surface area contributed by atoms with Gasteiger partial charge in [0.2, 0.25) is 0 Å². The highest BCUT2D eigenvalue weighted by atomic mass is 32.1. The normalized spacial score (nSPS) is 17.0. The van der Waals surface area contributed by atoms with Gasteiger partial charge < -0.3 is 5.73 Å². The van der Waals surface area contributed by atoms with Gasteiger partial charge in [-0.05, 0) is 31.5 Å². The van der Waals surface area contributed by atoms with Gasteiger partial charge in [-0.25, -0.2) is 0 Å². The number of benzene rings is 1. The van der Waals surface area contributed by atoms with Crippen molar-refractivity contribution in [3.05, 3.63) is 35.4 Å². The molecule has 0 saturated heterocycles. The number of nitrogens with two attached hydrogens (primary N) is 1. The van der Waals surface area contributed by atoms with Crippen LogP contribution in [0, 0.1) is 0 Å². The zero-order chi connectivity index (χ0) is 13.0. The number of hydrogen-bond donors (Lipinski definition) is 1. The molecular weight excluding hydrogens is 240 g/mol. The van der Waals surface area contributed by atoms with E-state index < -0.39 is 0 Å². The molecular formula is C15H22N2S. The van der Waals surface area contributed by atoms with Crippen molar-refractivity contribution in [1.29, 1.82) is 0 Å². The van der Waals surface area contributed by atoms with E-state index in [0.29, 0.717) is 4.99 Å². The first-order valence-electron chi connectivity index (χ1n) is 6.76. The highest BCUT2D eigenvalue weighted by Gasteiger charge is 2.17. The summed E-state index contributed by atoms with van der Waals surface area (Å²) in [5, 5.41) is 0. The minimum atomic E-state index is 0.483. The summed E-state index contributed by atoms with van der Waals surface area (Å²) in [6, 6.07) is 9.03. The highest BCUT2D eigenvalue weighted by molar-refractivity contribution is 7.80. The molecule has 2 N–H and O–H groups in total. The summed E-state index contributed by atoms with van der Waals surface area (Å²) in [7, 11) is 2.23. The van der Waals surface area contributed by atoms with Crippen molar-refractivity contribution in [2.24, 2.45) is 5.73 Å². The molecule has 0 bridgehead atoms. The molecule has 0 atom stereocenters. The number of thiocarbonyl (C=S) groups is 1. The third kappa shape index (κ3) is 3.53. The van der Waals surface area contributed by atoms with Crippen molar-refractivity contribution in [2.45, 2.75) is 44.7 Å². The molecule has 0 amide bonds. The van der Waals surface area contributed by atoms with E-state index in [1.54, 1.807) is 0 Å². The molecule has 1 aromatic carbocycles. The lowest BCUT2D eigenvalue weighted by Crippen LogP contribution is -2.32. The third-order valence-corrected chi connectivity index (χ3v) is 4.08. The second-order valence-corrected chi connectivity index (χ2v) is 5.71. The van der Waals surface area contributed by atoms with Gasteiger partial charge in [0.25, 0.3) is 0 Å². The molecule has 2 nitrogen and oxygen atoms in total. The molecule has 0 unspecified atom stereocenters. The summed E-state index contributed by atoms with van der Waals surface area (Å²) in [6.07, 6.45) is 6.84. The molecule has 0 aliphatic heterocycles. The van der Waals surface area contributed by atoms with E-state index in [4.69, 9.17) is 18.0 Å². The average molecular weight is 262 g/mol. The molecule has 98 valence electrons. The maximum atomic E-state index is 5.67. The second kappa shape index (κ2) is 6.30. The monoisotopic (exact) mass is 262 g/mol. The molecule has 1 aliphatic carbocycles. The first kappa shape index (κ1) is 13.5. The smallest absolute Gasteiger partial charge is 0.103 e. The van der Waals surface area contributed by atoms with E-state index in [1.165, 1.54) is 37.7 Å². The highest BCUT2D eigenvalue weighted by Crippen LogP contribution is 2.22. The second-order valence-electron chi connectivity index (χ2n) is 5.27. The van der Waals surface area contributed by atoms with E-state index >= 15 is 0 Å². The fraction of sp³-hybridized carbons (Fsp3) is 0.533. The van der Waals surface area contributed by atoms with E-state index in [1.807, 2.05) is 12.1 Å². The van der Waals surface area contributed by atoms with Gasteiger partial charge in [-0.3, -0.25) is 4.90 Å². The van der Waals surface area contributed by atoms with Crippen LogP contribution in [0.3, 0.4) is 0 Å². The molecule has 1 aromatic rings. The third-order valence-electron chi connectivity index (χ3n) is 3.84. The van der Waals surface area contributed by atoms with Crippen LogP contribution in [-0.4, -0.2) is 23.0 Å². The molecule has 0 radical (unpaired) electrons. The Bertz CT molecular complexity index is 411. The topological polar surface area (TPSA) is 29.3 Å². The lowest BCUT2D eigenvalue weighted by Gasteiger charge is -2.31. The van der Waals surface area contributed by atoms with Gasteiger partial charge in [0.1, 0.15) is 4.99 Å². The molecule has 1 saturated carbocycles. The van der Waals surface area contributed by atoms with Crippen LogP contribution in [0.1, 0.15) is 43.2 Å². The summed E-state index contributed by atoms with van der Waals surface area (Å²) in [6.45, 7) is 0.987. The molecule has 1 aliphatic rings. The Kier molecular flexibility index (Phi) is 4.72. The zero-order valence-corrected chi connectivity index (χ0v) is 11.9. The predicted octanol–water partition coefficient (Wildman–Crippen LogP) is 3.09. The minimum absolute atomic E-state index is 0.483. The van der Waals surface area contributed by atoms with E-state index in [9.17, 15) is 0 Å². The fourth-order valence-corrected chi connectivity index (χ4v) is 2.89. The van der Waals surface area contributed by atoms with E-state index in [-0.39, 0.29) is 0 Å². The standard InChI is InChI=1S/C15H22N2S/c1-17(14-8-3-2-4-9-14)11-12-6-5-7-13(10-12)15(16)18/h5-7,10,14H,2-4,8-9,11H2,1H3,(H2,16,18). The lowest BCUT2D eigenvalue weighted by atomic mass is 9.94. The quantitative estimate of drug-likeness (QED) is 0.846. The Morgan fingerprint density at radius 2 is 2.06 bits per heavy atom. The van der Waals surface area contributed by atoms with Crippen LogP contribution in [0.15, 0.2) is 24.3 Å². The average Bonchev–Trinajstić information content (AvgIpc) is 2.40. The van der Waals surface area contributed by atoms with E-state index in [0.717, 1.165) is 18.2 Å². The van der Waals surface area contributed by atoms with Gasteiger partial charge in [-0.2, -0.15) is 0 Å². The van der Waals surface area contributed by atoms with Crippen molar-refractivity contribution in [1.82, 2.24) is 4.90 Å². The van der Waals surface area contributed by atoms with Crippen molar-refractivity contribution in [3.63, 3.8) is 0 Å². The van der Waals surface area contributed by atoms with Gasteiger partial charge in [0, 0.05) is 18.2 Å². The summed E-state index contributed by atoms with van der Waals surface area (Å²) in [5.74, 6) is 0. The summed E-state index contributed by atoms with van der Waals surface area (Å²) in [5.41, 5.74) is 7.95. The number of rotatable bonds is 4. The van der Waals surface area contributed by atoms with Gasteiger partial charge in [0.15, 0.2) is 0 Å². The van der Waals surface area contributed by atoms with Gasteiger partial charge in [-0.1, -0.05) is 49.7 Å². The van der Waals surface area contributed by atoms with Crippen LogP contribution in [-0.2, 0) is 6.54 Å². The Morgan fingerprint density at radius 3 is 2.72 bits per heavy atom. The first-order chi connectivity index (χ1) is 8.66. The van der Waals surface area contributed by atoms with Gasteiger partial charge in [0.05, 0.1) is 0 Å². The van der Waals surface area contributed by atoms with Crippen LogP contribution in [0.2, 0.25) is 0 Å². The maximum Gasteiger partial charge on any atom is 0.103 e. The largest absolute Gasteiger partial charge is 0.389 e. The van der Waals surface area contributed by atoms with Crippen LogP contribution in [0.4, 0.5) is 0 Å². The number of nitrogens with zero attached hydrogens (tertiary/aromatic N) is 1. The van der Waals surface area contributed by atoms with Crippen LogP contribution in [0.25, 0.3) is 0 Å². The van der Waals surface area contributed by atoms with E-state index in [2.05, 4.69) is 24.1 Å². The molecule has 2 rings (SSSR count). The summed E-state index contributed by atoms with van der Waals surface area (Å²) in [4.78, 5) is 2.95. The predicted molar refractivity (Wildman–Crippen MR) is 80.7 cm³/mol. The fourth-order valence-electron chi connectivity index (χ4n) is 2.76. The number of hydrogen-bond acceptors (Lipinski definition) is 2. The van der Waals surface area contributed by atoms with Gasteiger partial charge >= 0.3 is 0 Å². The Balaban J connectivity index is 1.99. The molecule has 0 spiro atoms. The van der Waals surface area contributed by atoms with Gasteiger partial charge in [-0.15, -0.1) is 0 Å². The Labute approximate surface area is 115 Å².